The summed E-state index contributed by atoms with van der Waals surface area (Å²) in [6, 6.07) is 18.1. The van der Waals surface area contributed by atoms with E-state index in [-0.39, 0.29) is 5.91 Å². The van der Waals surface area contributed by atoms with Gasteiger partial charge in [-0.1, -0.05) is 24.3 Å². The first kappa shape index (κ1) is 14.7. The van der Waals surface area contributed by atoms with Gasteiger partial charge in [-0.3, -0.25) is 4.79 Å². The molecule has 0 unspecified atom stereocenters. The second kappa shape index (κ2) is 5.63. The fraction of sp³-hybridized carbons (Fsp3) is 0.100. The third kappa shape index (κ3) is 2.31. The number of amides is 1. The van der Waals surface area contributed by atoms with Gasteiger partial charge in [-0.2, -0.15) is 5.26 Å². The van der Waals surface area contributed by atoms with E-state index in [0.29, 0.717) is 12.1 Å². The highest BCUT2D eigenvalue weighted by Crippen LogP contribution is 2.37. The zero-order valence-electron chi connectivity index (χ0n) is 13.1. The van der Waals surface area contributed by atoms with Gasteiger partial charge in [0, 0.05) is 19.2 Å². The quantitative estimate of drug-likeness (QED) is 0.657. The van der Waals surface area contributed by atoms with Crippen LogP contribution in [0.3, 0.4) is 0 Å². The van der Waals surface area contributed by atoms with Crippen molar-refractivity contribution in [3.05, 3.63) is 69.9 Å². The minimum Gasteiger partial charge on any atom is -0.337 e. The van der Waals surface area contributed by atoms with Crippen LogP contribution in [0.5, 0.6) is 0 Å². The average Bonchev–Trinajstić information content (AvgIpc) is 3.07. The molecule has 116 valence electrons. The van der Waals surface area contributed by atoms with Crippen LogP contribution < -0.4 is 0 Å². The number of hydrogen-bond donors (Lipinski definition) is 0. The van der Waals surface area contributed by atoms with Crippen molar-refractivity contribution in [2.45, 2.75) is 6.54 Å². The Morgan fingerprint density at radius 1 is 1.08 bits per heavy atom. The van der Waals surface area contributed by atoms with E-state index in [1.54, 1.807) is 11.0 Å². The van der Waals surface area contributed by atoms with Crippen LogP contribution in [-0.4, -0.2) is 17.9 Å². The molecule has 0 atom stereocenters. The van der Waals surface area contributed by atoms with Crippen LogP contribution in [0.25, 0.3) is 22.3 Å². The van der Waals surface area contributed by atoms with Crippen LogP contribution in [0.15, 0.2) is 53.9 Å². The standard InChI is InChI=1S/C20H14N2OS/c1-22-12-16-6-5-15(14-4-2-3-13(9-14)11-21)10-18(16)17-7-8-24-19(17)20(22)23/h2-10H,12H2,1H3. The van der Waals surface area contributed by atoms with Gasteiger partial charge in [0.1, 0.15) is 0 Å². The molecular weight excluding hydrogens is 316 g/mol. The molecule has 4 heteroatoms. The summed E-state index contributed by atoms with van der Waals surface area (Å²) in [5, 5.41) is 11.1. The van der Waals surface area contributed by atoms with E-state index in [1.807, 2.05) is 36.7 Å². The number of thiophene rings is 1. The van der Waals surface area contributed by atoms with E-state index in [1.165, 1.54) is 11.3 Å². The average molecular weight is 330 g/mol. The van der Waals surface area contributed by atoms with Gasteiger partial charge in [-0.25, -0.2) is 0 Å². The first-order valence-corrected chi connectivity index (χ1v) is 8.52. The number of fused-ring (bicyclic) bond motifs is 3. The van der Waals surface area contributed by atoms with Crippen molar-refractivity contribution in [1.82, 2.24) is 4.90 Å². The Morgan fingerprint density at radius 3 is 2.75 bits per heavy atom. The largest absolute Gasteiger partial charge is 0.337 e. The van der Waals surface area contributed by atoms with Gasteiger partial charge in [-0.05, 0) is 51.9 Å². The van der Waals surface area contributed by atoms with Gasteiger partial charge in [0.05, 0.1) is 16.5 Å². The van der Waals surface area contributed by atoms with E-state index in [2.05, 4.69) is 24.3 Å². The minimum atomic E-state index is 0.0734. The van der Waals surface area contributed by atoms with Crippen molar-refractivity contribution in [2.75, 3.05) is 7.05 Å². The Balaban J connectivity index is 1.90. The summed E-state index contributed by atoms with van der Waals surface area (Å²) in [5.74, 6) is 0.0734. The van der Waals surface area contributed by atoms with E-state index < -0.39 is 0 Å². The summed E-state index contributed by atoms with van der Waals surface area (Å²) in [6.07, 6.45) is 0. The van der Waals surface area contributed by atoms with Crippen molar-refractivity contribution >= 4 is 17.2 Å². The number of carbonyl (C=O) groups is 1. The number of nitriles is 1. The van der Waals surface area contributed by atoms with Gasteiger partial charge >= 0.3 is 0 Å². The fourth-order valence-corrected chi connectivity index (χ4v) is 4.00. The third-order valence-electron chi connectivity index (χ3n) is 4.34. The highest BCUT2D eigenvalue weighted by molar-refractivity contribution is 7.12. The summed E-state index contributed by atoms with van der Waals surface area (Å²) >= 11 is 1.49. The molecule has 1 aliphatic rings. The molecule has 3 nitrogen and oxygen atoms in total. The summed E-state index contributed by atoms with van der Waals surface area (Å²) < 4.78 is 0. The Labute approximate surface area is 144 Å². The topological polar surface area (TPSA) is 44.1 Å². The second-order valence-corrected chi connectivity index (χ2v) is 6.81. The lowest BCUT2D eigenvalue weighted by Gasteiger charge is -2.15. The Bertz CT molecular complexity index is 997. The van der Waals surface area contributed by atoms with Crippen molar-refractivity contribution in [3.63, 3.8) is 0 Å². The zero-order chi connectivity index (χ0) is 16.7. The number of benzene rings is 2. The monoisotopic (exact) mass is 330 g/mol. The Kier molecular flexibility index (Phi) is 3.44. The summed E-state index contributed by atoms with van der Waals surface area (Å²) in [5.41, 5.74) is 5.96. The molecule has 0 bridgehead atoms. The van der Waals surface area contributed by atoms with Crippen molar-refractivity contribution in [2.24, 2.45) is 0 Å². The molecular formula is C20H14N2OS. The molecule has 0 fully saturated rings. The van der Waals surface area contributed by atoms with Gasteiger partial charge in [0.2, 0.25) is 0 Å². The number of hydrogen-bond acceptors (Lipinski definition) is 3. The molecule has 0 radical (unpaired) electrons. The number of nitrogens with zero attached hydrogens (tertiary/aromatic N) is 2. The molecule has 2 heterocycles. The van der Waals surface area contributed by atoms with E-state index in [0.717, 1.165) is 32.7 Å². The van der Waals surface area contributed by atoms with Crippen molar-refractivity contribution < 1.29 is 4.79 Å². The molecule has 0 saturated heterocycles. The molecule has 1 amide bonds. The van der Waals surface area contributed by atoms with Crippen LogP contribution in [0.1, 0.15) is 20.8 Å². The highest BCUT2D eigenvalue weighted by atomic mass is 32.1. The van der Waals surface area contributed by atoms with Crippen LogP contribution in [0, 0.1) is 11.3 Å². The molecule has 0 spiro atoms. The molecule has 4 rings (SSSR count). The SMILES string of the molecule is CN1Cc2ccc(-c3cccc(C#N)c3)cc2-c2ccsc2C1=O. The zero-order valence-corrected chi connectivity index (χ0v) is 13.9. The molecule has 2 aromatic carbocycles. The summed E-state index contributed by atoms with van der Waals surface area (Å²) in [7, 11) is 1.84. The minimum absolute atomic E-state index is 0.0734. The van der Waals surface area contributed by atoms with Crippen LogP contribution >= 0.6 is 11.3 Å². The van der Waals surface area contributed by atoms with E-state index in [9.17, 15) is 4.79 Å². The lowest BCUT2D eigenvalue weighted by atomic mass is 9.95. The molecule has 1 aliphatic heterocycles. The molecule has 0 saturated carbocycles. The lowest BCUT2D eigenvalue weighted by molar-refractivity contribution is 0.0793. The molecule has 3 aromatic rings. The smallest absolute Gasteiger partial charge is 0.264 e. The Hall–Kier alpha value is -2.90. The predicted octanol–water partition coefficient (Wildman–Crippen LogP) is 4.54. The van der Waals surface area contributed by atoms with Crippen LogP contribution in [-0.2, 0) is 6.54 Å². The van der Waals surface area contributed by atoms with Crippen molar-refractivity contribution in [1.29, 1.82) is 5.26 Å². The highest BCUT2D eigenvalue weighted by Gasteiger charge is 2.25. The summed E-state index contributed by atoms with van der Waals surface area (Å²) in [4.78, 5) is 15.1. The maximum absolute atomic E-state index is 12.5. The second-order valence-electron chi connectivity index (χ2n) is 5.89. The third-order valence-corrected chi connectivity index (χ3v) is 5.24. The molecule has 24 heavy (non-hydrogen) atoms. The van der Waals surface area contributed by atoms with Gasteiger partial charge in [0.25, 0.3) is 5.91 Å². The molecule has 0 aliphatic carbocycles. The van der Waals surface area contributed by atoms with E-state index >= 15 is 0 Å². The normalized spacial score (nSPS) is 13.0. The first-order chi connectivity index (χ1) is 11.7. The summed E-state index contributed by atoms with van der Waals surface area (Å²) in [6.45, 7) is 0.605. The first-order valence-electron chi connectivity index (χ1n) is 7.64. The lowest BCUT2D eigenvalue weighted by Crippen LogP contribution is -2.24. The molecule has 1 aromatic heterocycles. The van der Waals surface area contributed by atoms with Gasteiger partial charge in [-0.15, -0.1) is 11.3 Å². The van der Waals surface area contributed by atoms with Crippen LogP contribution in [0.2, 0.25) is 0 Å². The van der Waals surface area contributed by atoms with Crippen LogP contribution in [0.4, 0.5) is 0 Å². The van der Waals surface area contributed by atoms with Gasteiger partial charge < -0.3 is 4.90 Å². The Morgan fingerprint density at radius 2 is 1.92 bits per heavy atom. The van der Waals surface area contributed by atoms with Crippen molar-refractivity contribution in [3.8, 4) is 28.3 Å². The maximum atomic E-state index is 12.5. The van der Waals surface area contributed by atoms with E-state index in [4.69, 9.17) is 5.26 Å². The molecule has 0 N–H and O–H groups in total. The van der Waals surface area contributed by atoms with Gasteiger partial charge in [0.15, 0.2) is 0 Å². The fourth-order valence-electron chi connectivity index (χ4n) is 3.10. The number of carbonyl (C=O) groups excluding carboxylic acids is 1. The maximum Gasteiger partial charge on any atom is 0.264 e. The number of rotatable bonds is 1. The predicted molar refractivity (Wildman–Crippen MR) is 95.7 cm³/mol.